The molecule has 28 heavy (non-hydrogen) atoms. The second-order valence-corrected chi connectivity index (χ2v) is 8.75. The molecule has 5 nitrogen and oxygen atoms in total. The van der Waals surface area contributed by atoms with Crippen LogP contribution in [-0.4, -0.2) is 23.9 Å². The smallest absolute Gasteiger partial charge is 0.227 e. The van der Waals surface area contributed by atoms with Crippen LogP contribution in [0.25, 0.3) is 0 Å². The highest BCUT2D eigenvalue weighted by atomic mass is 19.1. The van der Waals surface area contributed by atoms with Gasteiger partial charge in [0.15, 0.2) is 0 Å². The first-order chi connectivity index (χ1) is 13.6. The highest BCUT2D eigenvalue weighted by Gasteiger charge is 2.34. The van der Waals surface area contributed by atoms with Gasteiger partial charge in [-0.15, -0.1) is 0 Å². The summed E-state index contributed by atoms with van der Waals surface area (Å²) in [5.74, 6) is -0.266. The molecule has 0 radical (unpaired) electrons. The second kappa shape index (κ2) is 8.60. The van der Waals surface area contributed by atoms with E-state index in [1.807, 2.05) is 0 Å². The summed E-state index contributed by atoms with van der Waals surface area (Å²) in [6.07, 6.45) is 10.0. The monoisotopic (exact) mass is 387 g/mol. The highest BCUT2D eigenvalue weighted by Crippen LogP contribution is 2.33. The summed E-state index contributed by atoms with van der Waals surface area (Å²) in [6, 6.07) is 5.50. The largest absolute Gasteiger partial charge is 0.326 e. The minimum absolute atomic E-state index is 0.0394. The van der Waals surface area contributed by atoms with Gasteiger partial charge in [-0.1, -0.05) is 19.3 Å². The van der Waals surface area contributed by atoms with Gasteiger partial charge in [-0.2, -0.15) is 0 Å². The summed E-state index contributed by atoms with van der Waals surface area (Å²) in [5.41, 5.74) is 0.676. The van der Waals surface area contributed by atoms with E-state index in [2.05, 4.69) is 16.0 Å². The second-order valence-electron chi connectivity index (χ2n) is 8.75. The molecule has 2 heterocycles. The topological polar surface area (TPSA) is 70.2 Å². The van der Waals surface area contributed by atoms with Gasteiger partial charge in [-0.3, -0.25) is 9.59 Å². The third-order valence-corrected chi connectivity index (χ3v) is 6.53. The molecule has 3 aliphatic rings. The Morgan fingerprint density at radius 1 is 1.00 bits per heavy atom. The average molecular weight is 387 g/mol. The van der Waals surface area contributed by atoms with Gasteiger partial charge in [0.1, 0.15) is 5.82 Å². The zero-order chi connectivity index (χ0) is 19.5. The molecule has 2 saturated heterocycles. The number of benzene rings is 1. The molecule has 1 aliphatic carbocycles. The summed E-state index contributed by atoms with van der Waals surface area (Å²) >= 11 is 0. The van der Waals surface area contributed by atoms with Gasteiger partial charge < -0.3 is 16.0 Å². The van der Waals surface area contributed by atoms with E-state index < -0.39 is 5.82 Å². The SMILES string of the molecule is O=C(CC1CC2CCC(C1)N2)Nc1ccc(F)c(NC(=O)C2CCCCC2)c1. The molecule has 1 aromatic carbocycles. The van der Waals surface area contributed by atoms with Crippen LogP contribution in [0.5, 0.6) is 0 Å². The van der Waals surface area contributed by atoms with Gasteiger partial charge in [0.05, 0.1) is 5.69 Å². The summed E-state index contributed by atoms with van der Waals surface area (Å²) in [7, 11) is 0. The van der Waals surface area contributed by atoms with Gasteiger partial charge in [0.2, 0.25) is 11.8 Å². The zero-order valence-corrected chi connectivity index (χ0v) is 16.3. The van der Waals surface area contributed by atoms with Crippen LogP contribution in [-0.2, 0) is 9.59 Å². The third-order valence-electron chi connectivity index (χ3n) is 6.53. The molecule has 2 aliphatic heterocycles. The number of nitrogens with one attached hydrogen (secondary N) is 3. The Kier molecular flexibility index (Phi) is 5.95. The number of hydrogen-bond donors (Lipinski definition) is 3. The van der Waals surface area contributed by atoms with Crippen molar-refractivity contribution in [3.63, 3.8) is 0 Å². The van der Waals surface area contributed by atoms with Crippen LogP contribution < -0.4 is 16.0 Å². The van der Waals surface area contributed by atoms with Crippen LogP contribution in [0.3, 0.4) is 0 Å². The summed E-state index contributed by atoms with van der Waals surface area (Å²) in [5, 5.41) is 9.19. The van der Waals surface area contributed by atoms with Crippen LogP contribution in [0, 0.1) is 17.7 Å². The Morgan fingerprint density at radius 3 is 2.43 bits per heavy atom. The van der Waals surface area contributed by atoms with Crippen molar-refractivity contribution in [3.05, 3.63) is 24.0 Å². The maximum absolute atomic E-state index is 14.2. The molecule has 2 unspecified atom stereocenters. The van der Waals surface area contributed by atoms with E-state index in [4.69, 9.17) is 0 Å². The van der Waals surface area contributed by atoms with Gasteiger partial charge in [-0.05, 0) is 62.6 Å². The molecule has 0 spiro atoms. The number of hydrogen-bond acceptors (Lipinski definition) is 3. The molecule has 1 saturated carbocycles. The van der Waals surface area contributed by atoms with Crippen molar-refractivity contribution >= 4 is 23.2 Å². The molecule has 2 amide bonds. The lowest BCUT2D eigenvalue weighted by atomic mass is 9.88. The standard InChI is InChI=1S/C22H30FN3O2/c23-19-9-8-18(13-20(19)26-22(28)15-4-2-1-3-5-15)25-21(27)12-14-10-16-6-7-17(11-14)24-16/h8-9,13-17,24H,1-7,10-12H2,(H,25,27)(H,26,28). The van der Waals surface area contributed by atoms with Crippen LogP contribution in [0.15, 0.2) is 18.2 Å². The van der Waals surface area contributed by atoms with E-state index >= 15 is 0 Å². The molecule has 6 heteroatoms. The number of rotatable bonds is 5. The van der Waals surface area contributed by atoms with E-state index in [0.717, 1.165) is 44.9 Å². The van der Waals surface area contributed by atoms with Gasteiger partial charge in [0, 0.05) is 30.1 Å². The van der Waals surface area contributed by atoms with Crippen LogP contribution in [0.4, 0.5) is 15.8 Å². The number of fused-ring (bicyclic) bond motifs is 2. The summed E-state index contributed by atoms with van der Waals surface area (Å²) in [6.45, 7) is 0. The fourth-order valence-electron chi connectivity index (χ4n) is 5.11. The predicted molar refractivity (Wildman–Crippen MR) is 108 cm³/mol. The van der Waals surface area contributed by atoms with Crippen molar-refractivity contribution in [2.45, 2.75) is 76.3 Å². The highest BCUT2D eigenvalue weighted by molar-refractivity contribution is 5.95. The van der Waals surface area contributed by atoms with Crippen molar-refractivity contribution in [2.75, 3.05) is 10.6 Å². The molecule has 2 bridgehead atoms. The summed E-state index contributed by atoms with van der Waals surface area (Å²) < 4.78 is 14.2. The molecule has 1 aromatic rings. The fraction of sp³-hybridized carbons (Fsp3) is 0.636. The van der Waals surface area contributed by atoms with Gasteiger partial charge in [-0.25, -0.2) is 4.39 Å². The predicted octanol–water partition coefficient (Wildman–Crippen LogP) is 4.20. The molecule has 2 atom stereocenters. The average Bonchev–Trinajstić information content (AvgIpc) is 3.03. The van der Waals surface area contributed by atoms with Crippen LogP contribution >= 0.6 is 0 Å². The Hall–Kier alpha value is -1.95. The van der Waals surface area contributed by atoms with Gasteiger partial charge in [0.25, 0.3) is 0 Å². The van der Waals surface area contributed by atoms with Gasteiger partial charge >= 0.3 is 0 Å². The number of carbonyl (C=O) groups excluding carboxylic acids is 2. The molecular formula is C22H30FN3O2. The van der Waals surface area contributed by atoms with Crippen LogP contribution in [0.1, 0.15) is 64.2 Å². The van der Waals surface area contributed by atoms with E-state index in [-0.39, 0.29) is 23.4 Å². The maximum atomic E-state index is 14.2. The number of piperidine rings is 1. The molecule has 3 N–H and O–H groups in total. The lowest BCUT2D eigenvalue weighted by Gasteiger charge is -2.28. The molecule has 4 rings (SSSR count). The third kappa shape index (κ3) is 4.72. The lowest BCUT2D eigenvalue weighted by Crippen LogP contribution is -2.39. The van der Waals surface area contributed by atoms with Crippen molar-refractivity contribution in [1.29, 1.82) is 0 Å². The molecule has 3 fully saturated rings. The Balaban J connectivity index is 1.33. The van der Waals surface area contributed by atoms with E-state index in [1.54, 1.807) is 6.07 Å². The Bertz CT molecular complexity index is 720. The number of anilines is 2. The molecule has 152 valence electrons. The minimum atomic E-state index is -0.475. The quantitative estimate of drug-likeness (QED) is 0.709. The van der Waals surface area contributed by atoms with Crippen LogP contribution in [0.2, 0.25) is 0 Å². The fourth-order valence-corrected chi connectivity index (χ4v) is 5.11. The normalized spacial score (nSPS) is 27.4. The number of halogens is 1. The molecular weight excluding hydrogens is 357 g/mol. The van der Waals surface area contributed by atoms with Crippen molar-refractivity contribution in [1.82, 2.24) is 5.32 Å². The van der Waals surface area contributed by atoms with E-state index in [1.165, 1.54) is 25.0 Å². The van der Waals surface area contributed by atoms with E-state index in [9.17, 15) is 14.0 Å². The summed E-state index contributed by atoms with van der Waals surface area (Å²) in [4.78, 5) is 24.9. The maximum Gasteiger partial charge on any atom is 0.227 e. The Morgan fingerprint density at radius 2 is 1.71 bits per heavy atom. The lowest BCUT2D eigenvalue weighted by molar-refractivity contribution is -0.120. The first-order valence-corrected chi connectivity index (χ1v) is 10.7. The minimum Gasteiger partial charge on any atom is -0.326 e. The first-order valence-electron chi connectivity index (χ1n) is 10.7. The Labute approximate surface area is 165 Å². The number of carbonyl (C=O) groups is 2. The molecule has 0 aromatic heterocycles. The first kappa shape index (κ1) is 19.4. The zero-order valence-electron chi connectivity index (χ0n) is 16.3. The number of amides is 2. The van der Waals surface area contributed by atoms with Crippen molar-refractivity contribution < 1.29 is 14.0 Å². The van der Waals surface area contributed by atoms with Crippen molar-refractivity contribution in [3.8, 4) is 0 Å². The van der Waals surface area contributed by atoms with E-state index in [0.29, 0.717) is 30.1 Å². The van der Waals surface area contributed by atoms with Crippen molar-refractivity contribution in [2.24, 2.45) is 11.8 Å².